The van der Waals surface area contributed by atoms with Crippen molar-refractivity contribution < 1.29 is 47.6 Å². The zero-order valence-electron chi connectivity index (χ0n) is 35.1. The molecular formula is C45H56F2N4O9. The second-order valence-electron chi connectivity index (χ2n) is 18.9. The van der Waals surface area contributed by atoms with Crippen LogP contribution in [0.15, 0.2) is 40.9 Å². The normalized spacial score (nSPS) is 34.2. The van der Waals surface area contributed by atoms with Crippen molar-refractivity contribution in [1.29, 1.82) is 0 Å². The second-order valence-corrected chi connectivity index (χ2v) is 18.9. The Morgan fingerprint density at radius 1 is 1.08 bits per heavy atom. The number of rotatable bonds is 9. The number of pyridine rings is 1. The Kier molecular flexibility index (Phi) is 10.3. The molecule has 9 atom stereocenters. The number of aliphatic hydroxyl groups is 2. The number of aromatic nitrogens is 1. The SMILES string of the molecule is COc1c(N2CCN(C(=O)C(N)C(C)C)C(C)C2)c(F)cc2c(=O)c(C(=O)OCC(=O)[C@@]3(O)CC[C@H]4[C@@H]5CCC6=CC(=O)C=C[C@]6(C)[C@@]5(F)[C@@H](O)C[C@@]43C)cn(C3CC3)c12. The van der Waals surface area contributed by atoms with Crippen LogP contribution in [0.4, 0.5) is 14.5 Å². The van der Waals surface area contributed by atoms with Crippen LogP contribution >= 0.6 is 0 Å². The molecule has 4 saturated carbocycles. The van der Waals surface area contributed by atoms with Gasteiger partial charge in [-0.25, -0.2) is 13.6 Å². The van der Waals surface area contributed by atoms with Crippen molar-refractivity contribution in [2.45, 2.75) is 115 Å². The van der Waals surface area contributed by atoms with E-state index in [0.29, 0.717) is 36.9 Å². The summed E-state index contributed by atoms with van der Waals surface area (Å²) in [6.07, 6.45) is 6.30. The Morgan fingerprint density at radius 3 is 2.45 bits per heavy atom. The highest BCUT2D eigenvalue weighted by Crippen LogP contribution is 2.69. The molecule has 8 rings (SSSR count). The molecule has 1 saturated heterocycles. The van der Waals surface area contributed by atoms with Crippen LogP contribution in [0.2, 0.25) is 0 Å². The number of piperazine rings is 1. The van der Waals surface area contributed by atoms with Crippen LogP contribution in [-0.4, -0.2) is 106 Å². The molecular weight excluding hydrogens is 779 g/mol. The lowest BCUT2D eigenvalue weighted by atomic mass is 9.44. The van der Waals surface area contributed by atoms with Crippen molar-refractivity contribution in [2.24, 2.45) is 34.3 Å². The smallest absolute Gasteiger partial charge is 0.344 e. The van der Waals surface area contributed by atoms with E-state index < -0.39 is 81.3 Å². The van der Waals surface area contributed by atoms with Crippen molar-refractivity contribution >= 4 is 40.0 Å². The van der Waals surface area contributed by atoms with E-state index in [1.807, 2.05) is 20.8 Å². The first-order valence-electron chi connectivity index (χ1n) is 21.2. The van der Waals surface area contributed by atoms with Crippen molar-refractivity contribution in [3.05, 3.63) is 57.7 Å². The van der Waals surface area contributed by atoms with Crippen LogP contribution in [0.3, 0.4) is 0 Å². The largest absolute Gasteiger partial charge is 0.492 e. The van der Waals surface area contributed by atoms with E-state index in [-0.39, 0.29) is 72.4 Å². The number of carbonyl (C=O) groups is 4. The average Bonchev–Trinajstić information content (AvgIpc) is 4.01. The fraction of sp³-hybridized carbons (Fsp3) is 0.622. The maximum atomic E-state index is 17.5. The Labute approximate surface area is 347 Å². The minimum atomic E-state index is -2.14. The molecule has 0 spiro atoms. The Hall–Kier alpha value is -4.47. The van der Waals surface area contributed by atoms with Crippen LogP contribution in [-0.2, 0) is 19.1 Å². The third-order valence-corrected chi connectivity index (χ3v) is 15.4. The van der Waals surface area contributed by atoms with Gasteiger partial charge in [0.1, 0.15) is 16.9 Å². The number of halogens is 2. The molecule has 324 valence electrons. The van der Waals surface area contributed by atoms with E-state index in [1.54, 1.807) is 34.3 Å². The molecule has 15 heteroatoms. The second kappa shape index (κ2) is 14.6. The van der Waals surface area contributed by atoms with E-state index in [4.69, 9.17) is 15.2 Å². The third-order valence-electron chi connectivity index (χ3n) is 15.4. The third kappa shape index (κ3) is 6.03. The van der Waals surface area contributed by atoms with Gasteiger partial charge in [-0.1, -0.05) is 32.4 Å². The number of allylic oxidation sites excluding steroid dienone is 4. The first-order chi connectivity index (χ1) is 28.2. The van der Waals surface area contributed by atoms with Gasteiger partial charge in [-0.05, 0) is 88.8 Å². The molecule has 4 N–H and O–H groups in total. The molecule has 1 aromatic heterocycles. The lowest BCUT2D eigenvalue weighted by molar-refractivity contribution is -0.217. The summed E-state index contributed by atoms with van der Waals surface area (Å²) in [4.78, 5) is 70.7. The molecule has 5 fully saturated rings. The summed E-state index contributed by atoms with van der Waals surface area (Å²) in [5.41, 5.74) is -0.742. The number of Topliss-reactive ketones (excluding diaryl/α,β-unsaturated/α-hetero) is 1. The Bertz CT molecular complexity index is 2310. The number of nitrogens with two attached hydrogens (primary N) is 1. The monoisotopic (exact) mass is 834 g/mol. The van der Waals surface area contributed by atoms with Crippen molar-refractivity contribution in [1.82, 2.24) is 9.47 Å². The number of aliphatic hydroxyl groups excluding tert-OH is 1. The summed E-state index contributed by atoms with van der Waals surface area (Å²) >= 11 is 0. The highest BCUT2D eigenvalue weighted by atomic mass is 19.1. The van der Waals surface area contributed by atoms with Gasteiger partial charge in [0.15, 0.2) is 29.6 Å². The van der Waals surface area contributed by atoms with Crippen LogP contribution < -0.4 is 20.8 Å². The van der Waals surface area contributed by atoms with Crippen molar-refractivity contribution in [2.75, 3.05) is 38.3 Å². The number of hydrogen-bond acceptors (Lipinski definition) is 11. The van der Waals surface area contributed by atoms with Crippen LogP contribution in [0, 0.1) is 34.4 Å². The van der Waals surface area contributed by atoms with E-state index in [0.717, 1.165) is 18.9 Å². The van der Waals surface area contributed by atoms with Gasteiger partial charge in [-0.2, -0.15) is 0 Å². The molecule has 60 heavy (non-hydrogen) atoms. The van der Waals surface area contributed by atoms with Gasteiger partial charge in [0, 0.05) is 54.7 Å². The van der Waals surface area contributed by atoms with Gasteiger partial charge in [0.05, 0.1) is 30.2 Å². The summed E-state index contributed by atoms with van der Waals surface area (Å²) in [5, 5.41) is 23.7. The molecule has 1 aliphatic heterocycles. The first-order valence-corrected chi connectivity index (χ1v) is 21.2. The predicted octanol–water partition coefficient (Wildman–Crippen LogP) is 4.33. The lowest BCUT2D eigenvalue weighted by Gasteiger charge is -2.62. The number of carbonyl (C=O) groups excluding carboxylic acids is 4. The Balaban J connectivity index is 1.04. The van der Waals surface area contributed by atoms with Crippen LogP contribution in [0.1, 0.15) is 96.0 Å². The van der Waals surface area contributed by atoms with Crippen molar-refractivity contribution in [3.63, 3.8) is 0 Å². The zero-order valence-corrected chi connectivity index (χ0v) is 35.1. The number of amides is 1. The molecule has 1 amide bonds. The number of nitrogens with zero attached hydrogens (tertiary/aromatic N) is 3. The highest BCUT2D eigenvalue weighted by molar-refractivity contribution is 6.01. The van der Waals surface area contributed by atoms with Gasteiger partial charge in [-0.3, -0.25) is 19.2 Å². The average molecular weight is 835 g/mol. The fourth-order valence-corrected chi connectivity index (χ4v) is 11.7. The highest BCUT2D eigenvalue weighted by Gasteiger charge is 2.74. The summed E-state index contributed by atoms with van der Waals surface area (Å²) in [5.74, 6) is -4.28. The number of fused-ring (bicyclic) bond motifs is 6. The number of ether oxygens (including phenoxy) is 2. The number of anilines is 1. The summed E-state index contributed by atoms with van der Waals surface area (Å²) < 4.78 is 46.9. The number of ketones is 2. The topological polar surface area (TPSA) is 182 Å². The molecule has 0 bridgehead atoms. The summed E-state index contributed by atoms with van der Waals surface area (Å²) in [7, 11) is 1.38. The Morgan fingerprint density at radius 2 is 1.80 bits per heavy atom. The van der Waals surface area contributed by atoms with Crippen LogP contribution in [0.25, 0.3) is 10.9 Å². The number of esters is 1. The maximum absolute atomic E-state index is 17.5. The minimum absolute atomic E-state index is 0.0426. The molecule has 6 aliphatic rings. The minimum Gasteiger partial charge on any atom is -0.492 e. The quantitative estimate of drug-likeness (QED) is 0.306. The molecule has 0 radical (unpaired) electrons. The maximum Gasteiger partial charge on any atom is 0.344 e. The van der Waals surface area contributed by atoms with Gasteiger partial charge >= 0.3 is 5.97 Å². The van der Waals surface area contributed by atoms with Gasteiger partial charge in [0.2, 0.25) is 17.1 Å². The van der Waals surface area contributed by atoms with Gasteiger partial charge in [-0.15, -0.1) is 0 Å². The molecule has 5 aliphatic carbocycles. The molecule has 2 aromatic rings. The van der Waals surface area contributed by atoms with Gasteiger partial charge < -0.3 is 39.8 Å². The standard InChI is InChI=1S/C45H56F2N4O9/c1-23(2)35(48)40(56)50-16-15-49(20-24(50)3)37-32(46)18-28-36(39(37)59-6)51(26-8-9-26)21-29(38(28)55)41(57)60-22-34(54)44(58)14-12-30-31-10-7-25-17-27(52)11-13-42(25,4)45(31,47)33(53)19-43(30,44)5/h11,13,17-18,21,23-24,26,30-31,33,35,53,58H,7-10,12,14-16,19-20,22,48H2,1-6H3/t24?,30-,31-,33-,35?,42-,43-,44-,45-/m0/s1. The zero-order chi connectivity index (χ0) is 43.4. The van der Waals surface area contributed by atoms with Crippen LogP contribution in [0.5, 0.6) is 5.75 Å². The summed E-state index contributed by atoms with van der Waals surface area (Å²) in [6.45, 7) is 8.96. The van der Waals surface area contributed by atoms with Crippen molar-refractivity contribution in [3.8, 4) is 5.75 Å². The first kappa shape index (κ1) is 42.2. The molecule has 2 heterocycles. The lowest BCUT2D eigenvalue weighted by Crippen LogP contribution is -2.69. The molecule has 13 nitrogen and oxygen atoms in total. The number of hydrogen-bond donors (Lipinski definition) is 3. The number of methoxy groups -OCH3 is 1. The summed E-state index contributed by atoms with van der Waals surface area (Å²) in [6, 6.07) is -0.0166. The number of alkyl halides is 1. The van der Waals surface area contributed by atoms with E-state index in [9.17, 15) is 34.2 Å². The van der Waals surface area contributed by atoms with E-state index in [2.05, 4.69) is 0 Å². The molecule has 2 unspecified atom stereocenters. The number of benzene rings is 1. The van der Waals surface area contributed by atoms with Gasteiger partial charge in [0.25, 0.3) is 0 Å². The van der Waals surface area contributed by atoms with E-state index >= 15 is 8.78 Å². The predicted molar refractivity (Wildman–Crippen MR) is 218 cm³/mol. The van der Waals surface area contributed by atoms with E-state index in [1.165, 1.54) is 25.5 Å². The fourth-order valence-electron chi connectivity index (χ4n) is 11.7. The molecule has 1 aromatic carbocycles.